The topological polar surface area (TPSA) is 82.3 Å². The fourth-order valence-corrected chi connectivity index (χ4v) is 3.66. The molecule has 0 radical (unpaired) electrons. The Morgan fingerprint density at radius 2 is 1.94 bits per heavy atom. The highest BCUT2D eigenvalue weighted by Gasteiger charge is 2.15. The van der Waals surface area contributed by atoms with E-state index in [0.717, 1.165) is 5.56 Å². The zero-order valence-corrected chi connectivity index (χ0v) is 18.8. The van der Waals surface area contributed by atoms with Gasteiger partial charge in [-0.25, -0.2) is 4.39 Å². The average molecular weight is 495 g/mol. The van der Waals surface area contributed by atoms with Crippen LogP contribution in [0.15, 0.2) is 70.7 Å². The molecule has 0 saturated heterocycles. The van der Waals surface area contributed by atoms with Gasteiger partial charge in [-0.05, 0) is 66.6 Å². The molecule has 0 bridgehead atoms. The van der Waals surface area contributed by atoms with Crippen molar-refractivity contribution in [3.8, 4) is 17.6 Å². The van der Waals surface area contributed by atoms with Crippen LogP contribution in [0.2, 0.25) is 0 Å². The Bertz CT molecular complexity index is 1200. The van der Waals surface area contributed by atoms with Gasteiger partial charge in [-0.2, -0.15) is 5.26 Å². The fourth-order valence-electron chi connectivity index (χ4n) is 3.06. The molecule has 162 valence electrons. The summed E-state index contributed by atoms with van der Waals surface area (Å²) in [5.74, 6) is -0.276. The molecular weight excluding hydrogens is 475 g/mol. The molecule has 0 aliphatic heterocycles. The second-order valence-electron chi connectivity index (χ2n) is 6.85. The molecule has 0 spiro atoms. The van der Waals surface area contributed by atoms with Crippen LogP contribution in [0.4, 0.5) is 10.1 Å². The molecule has 0 aromatic heterocycles. The maximum atomic E-state index is 14.2. The predicted molar refractivity (Wildman–Crippen MR) is 125 cm³/mol. The van der Waals surface area contributed by atoms with Crippen molar-refractivity contribution >= 4 is 33.6 Å². The van der Waals surface area contributed by atoms with Gasteiger partial charge in [0.1, 0.15) is 29.0 Å². The van der Waals surface area contributed by atoms with Crippen LogP contribution < -0.4 is 10.1 Å². The number of rotatable bonds is 7. The number of halogens is 2. The lowest BCUT2D eigenvalue weighted by Gasteiger charge is -2.14. The summed E-state index contributed by atoms with van der Waals surface area (Å²) in [6.45, 7) is 2.24. The highest BCUT2D eigenvalue weighted by atomic mass is 79.9. The largest absolute Gasteiger partial charge is 0.508 e. The van der Waals surface area contributed by atoms with Crippen molar-refractivity contribution < 1.29 is 19.0 Å². The van der Waals surface area contributed by atoms with E-state index >= 15 is 0 Å². The van der Waals surface area contributed by atoms with Gasteiger partial charge in [0.05, 0.1) is 6.61 Å². The summed E-state index contributed by atoms with van der Waals surface area (Å²) in [5.41, 5.74) is 2.22. The number of nitriles is 1. The summed E-state index contributed by atoms with van der Waals surface area (Å²) in [6, 6.07) is 17.8. The summed E-state index contributed by atoms with van der Waals surface area (Å²) in [7, 11) is 0. The number of hydrogen-bond acceptors (Lipinski definition) is 4. The van der Waals surface area contributed by atoms with Crippen molar-refractivity contribution in [2.45, 2.75) is 13.3 Å². The van der Waals surface area contributed by atoms with Crippen LogP contribution in [-0.2, 0) is 11.2 Å². The number of aromatic hydroxyl groups is 1. The molecule has 1 amide bonds. The molecule has 2 N–H and O–H groups in total. The molecule has 0 fully saturated rings. The van der Waals surface area contributed by atoms with Crippen molar-refractivity contribution in [3.63, 3.8) is 0 Å². The van der Waals surface area contributed by atoms with E-state index in [1.807, 2.05) is 13.0 Å². The van der Waals surface area contributed by atoms with Crippen LogP contribution in [0.5, 0.6) is 11.5 Å². The van der Waals surface area contributed by atoms with E-state index in [1.54, 1.807) is 30.3 Å². The number of phenolic OH excluding ortho intramolecular Hbond substituents is 1. The number of amides is 1. The third-order valence-electron chi connectivity index (χ3n) is 4.60. The summed E-state index contributed by atoms with van der Waals surface area (Å²) in [5, 5.41) is 21.5. The normalized spacial score (nSPS) is 11.0. The Morgan fingerprint density at radius 3 is 2.59 bits per heavy atom. The third-order valence-corrected chi connectivity index (χ3v) is 5.31. The quantitative estimate of drug-likeness (QED) is 0.246. The number of ether oxygens (including phenoxy) is 1. The highest BCUT2D eigenvalue weighted by Crippen LogP contribution is 2.33. The number of carbonyl (C=O) groups is 1. The number of benzene rings is 3. The van der Waals surface area contributed by atoms with E-state index in [9.17, 15) is 19.6 Å². The maximum Gasteiger partial charge on any atom is 0.266 e. The minimum Gasteiger partial charge on any atom is -0.508 e. The number of nitrogens with zero attached hydrogens (tertiary/aromatic N) is 1. The van der Waals surface area contributed by atoms with E-state index in [0.29, 0.717) is 40.1 Å². The van der Waals surface area contributed by atoms with Crippen LogP contribution in [0, 0.1) is 17.1 Å². The molecule has 0 aliphatic carbocycles. The lowest BCUT2D eigenvalue weighted by atomic mass is 10.0. The molecule has 0 atom stereocenters. The first-order valence-electron chi connectivity index (χ1n) is 9.82. The minimum atomic E-state index is -0.581. The summed E-state index contributed by atoms with van der Waals surface area (Å²) < 4.78 is 20.6. The van der Waals surface area contributed by atoms with Crippen LogP contribution >= 0.6 is 15.9 Å². The lowest BCUT2D eigenvalue weighted by molar-refractivity contribution is -0.112. The van der Waals surface area contributed by atoms with Crippen molar-refractivity contribution in [3.05, 3.63) is 93.2 Å². The lowest BCUT2D eigenvalue weighted by Crippen LogP contribution is -2.13. The Morgan fingerprint density at radius 1 is 1.22 bits per heavy atom. The minimum absolute atomic E-state index is 0.0721. The molecule has 0 saturated carbocycles. The van der Waals surface area contributed by atoms with Crippen molar-refractivity contribution in [2.75, 3.05) is 11.9 Å². The molecule has 0 heterocycles. The molecule has 7 heteroatoms. The molecule has 5 nitrogen and oxygen atoms in total. The maximum absolute atomic E-state index is 14.2. The van der Waals surface area contributed by atoms with Gasteiger partial charge in [-0.1, -0.05) is 34.1 Å². The van der Waals surface area contributed by atoms with Gasteiger partial charge < -0.3 is 15.2 Å². The molecule has 0 aliphatic rings. The average Bonchev–Trinajstić information content (AvgIpc) is 2.77. The van der Waals surface area contributed by atoms with Gasteiger partial charge in [0.2, 0.25) is 0 Å². The monoisotopic (exact) mass is 494 g/mol. The standard InChI is InChI=1S/C25H20BrFN2O3/c1-2-32-24-13-16(12-22(26)21(24)14-17-5-3-4-6-23(17)27)11-18(15-28)25(31)29-19-7-9-20(30)10-8-19/h3-13,30H,2,14H2,1H3,(H,29,31)/b18-11+. The fraction of sp³-hybridized carbons (Fsp3) is 0.120. The number of carbonyl (C=O) groups excluding carboxylic acids is 1. The first-order valence-corrected chi connectivity index (χ1v) is 10.6. The number of hydrogen-bond donors (Lipinski definition) is 2. The number of nitrogens with one attached hydrogen (secondary N) is 1. The zero-order chi connectivity index (χ0) is 23.1. The van der Waals surface area contributed by atoms with Crippen molar-refractivity contribution in [1.29, 1.82) is 5.26 Å². The van der Waals surface area contributed by atoms with Crippen LogP contribution in [0.1, 0.15) is 23.6 Å². The SMILES string of the molecule is CCOc1cc(/C=C(\C#N)C(=O)Nc2ccc(O)cc2)cc(Br)c1Cc1ccccc1F. The van der Waals surface area contributed by atoms with Crippen molar-refractivity contribution in [2.24, 2.45) is 0 Å². The molecule has 32 heavy (non-hydrogen) atoms. The van der Waals surface area contributed by atoms with E-state index < -0.39 is 5.91 Å². The number of anilines is 1. The van der Waals surface area contributed by atoms with Crippen LogP contribution in [0.25, 0.3) is 6.08 Å². The van der Waals surface area contributed by atoms with Gasteiger partial charge in [0.15, 0.2) is 0 Å². The van der Waals surface area contributed by atoms with Gasteiger partial charge in [-0.15, -0.1) is 0 Å². The molecule has 3 rings (SSSR count). The summed E-state index contributed by atoms with van der Waals surface area (Å²) >= 11 is 3.52. The van der Waals surface area contributed by atoms with Gasteiger partial charge in [-0.3, -0.25) is 4.79 Å². The number of phenols is 1. The van der Waals surface area contributed by atoms with Crippen LogP contribution in [-0.4, -0.2) is 17.6 Å². The van der Waals surface area contributed by atoms with E-state index in [1.165, 1.54) is 36.4 Å². The van der Waals surface area contributed by atoms with E-state index in [2.05, 4.69) is 21.2 Å². The van der Waals surface area contributed by atoms with Crippen LogP contribution in [0.3, 0.4) is 0 Å². The second-order valence-corrected chi connectivity index (χ2v) is 7.71. The first kappa shape index (κ1) is 23.0. The van der Waals surface area contributed by atoms with Gasteiger partial charge in [0, 0.05) is 22.1 Å². The van der Waals surface area contributed by atoms with E-state index in [4.69, 9.17) is 4.74 Å². The Kier molecular flexibility index (Phi) is 7.63. The Labute approximate surface area is 193 Å². The zero-order valence-electron chi connectivity index (χ0n) is 17.2. The third kappa shape index (κ3) is 5.74. The van der Waals surface area contributed by atoms with Crippen molar-refractivity contribution in [1.82, 2.24) is 0 Å². The Hall–Kier alpha value is -3.63. The first-order chi connectivity index (χ1) is 15.4. The molecule has 0 unspecified atom stereocenters. The molecule has 3 aromatic rings. The van der Waals surface area contributed by atoms with E-state index in [-0.39, 0.29) is 17.1 Å². The summed E-state index contributed by atoms with van der Waals surface area (Å²) in [4.78, 5) is 12.5. The molecule has 3 aromatic carbocycles. The van der Waals surface area contributed by atoms with Gasteiger partial charge in [0.25, 0.3) is 5.91 Å². The predicted octanol–water partition coefficient (Wildman–Crippen LogP) is 5.83. The van der Waals surface area contributed by atoms with Gasteiger partial charge >= 0.3 is 0 Å². The highest BCUT2D eigenvalue weighted by molar-refractivity contribution is 9.10. The second kappa shape index (κ2) is 10.6. The summed E-state index contributed by atoms with van der Waals surface area (Å²) in [6.07, 6.45) is 1.77. The molecular formula is C25H20BrFN2O3. The smallest absolute Gasteiger partial charge is 0.266 e. The Balaban J connectivity index is 1.91.